The van der Waals surface area contributed by atoms with Crippen LogP contribution in [0.3, 0.4) is 0 Å². The Hall–Kier alpha value is -1.20. The van der Waals surface area contributed by atoms with Crippen molar-refractivity contribution in [2.45, 2.75) is 19.5 Å². The number of likely N-dealkylation sites (tertiary alicyclic amines) is 1. The van der Waals surface area contributed by atoms with Crippen molar-refractivity contribution < 1.29 is 23.1 Å². The van der Waals surface area contributed by atoms with Gasteiger partial charge in [-0.3, -0.25) is 0 Å². The predicted octanol–water partition coefficient (Wildman–Crippen LogP) is 2.25. The largest absolute Gasteiger partial charge is 0.465 e. The zero-order valence-corrected chi connectivity index (χ0v) is 7.56. The molecule has 0 aromatic heterocycles. The molecule has 1 amide bonds. The molecule has 3 nitrogen and oxygen atoms in total. The Morgan fingerprint density at radius 3 is 2.43 bits per heavy atom. The smallest absolute Gasteiger partial charge is 0.412 e. The Bertz CT molecular complexity index is 283. The highest BCUT2D eigenvalue weighted by Gasteiger charge is 2.35. The van der Waals surface area contributed by atoms with Gasteiger partial charge in [-0.25, -0.2) is 4.79 Å². The first-order valence-electron chi connectivity index (χ1n) is 4.06. The Kier molecular flexibility index (Phi) is 2.73. The summed E-state index contributed by atoms with van der Waals surface area (Å²) in [5, 5.41) is 8.54. The molecule has 0 saturated carbocycles. The Labute approximate surface area is 78.8 Å². The average molecular weight is 209 g/mol. The minimum Gasteiger partial charge on any atom is -0.465 e. The highest BCUT2D eigenvalue weighted by atomic mass is 19.4. The van der Waals surface area contributed by atoms with Crippen LogP contribution in [0, 0.1) is 0 Å². The third-order valence-corrected chi connectivity index (χ3v) is 2.29. The molecule has 14 heavy (non-hydrogen) atoms. The van der Waals surface area contributed by atoms with Gasteiger partial charge in [0.1, 0.15) is 0 Å². The summed E-state index contributed by atoms with van der Waals surface area (Å²) in [6.45, 7) is 1.01. The maximum Gasteiger partial charge on any atom is 0.412 e. The number of carbonyl (C=O) groups is 1. The van der Waals surface area contributed by atoms with E-state index in [0.29, 0.717) is 0 Å². The summed E-state index contributed by atoms with van der Waals surface area (Å²) in [4.78, 5) is 11.4. The van der Waals surface area contributed by atoms with Gasteiger partial charge in [0.25, 0.3) is 0 Å². The normalized spacial score (nSPS) is 21.3. The number of nitrogens with zero attached hydrogens (tertiary/aromatic N) is 1. The highest BCUT2D eigenvalue weighted by molar-refractivity contribution is 5.66. The van der Waals surface area contributed by atoms with Crippen molar-refractivity contribution in [3.63, 3.8) is 0 Å². The monoisotopic (exact) mass is 209 g/mol. The minimum atomic E-state index is -4.34. The van der Waals surface area contributed by atoms with Crippen LogP contribution in [-0.2, 0) is 0 Å². The number of rotatable bonds is 0. The van der Waals surface area contributed by atoms with E-state index in [9.17, 15) is 18.0 Å². The molecule has 1 N–H and O–H groups in total. The van der Waals surface area contributed by atoms with Crippen LogP contribution >= 0.6 is 0 Å². The van der Waals surface area contributed by atoms with Crippen LogP contribution < -0.4 is 0 Å². The fourth-order valence-corrected chi connectivity index (χ4v) is 1.33. The van der Waals surface area contributed by atoms with E-state index >= 15 is 0 Å². The second-order valence-corrected chi connectivity index (χ2v) is 3.18. The van der Waals surface area contributed by atoms with Crippen LogP contribution in [0.4, 0.5) is 18.0 Å². The van der Waals surface area contributed by atoms with E-state index in [2.05, 4.69) is 0 Å². The number of alkyl halides is 3. The third-order valence-electron chi connectivity index (χ3n) is 2.29. The average Bonchev–Trinajstić information content (AvgIpc) is 2.48. The van der Waals surface area contributed by atoms with E-state index < -0.39 is 17.8 Å². The van der Waals surface area contributed by atoms with Crippen LogP contribution in [0.25, 0.3) is 0 Å². The molecule has 1 fully saturated rings. The molecule has 0 aliphatic carbocycles. The van der Waals surface area contributed by atoms with Crippen LogP contribution in [0.2, 0.25) is 0 Å². The van der Waals surface area contributed by atoms with E-state index in [1.807, 2.05) is 0 Å². The molecule has 0 unspecified atom stereocenters. The zero-order chi connectivity index (χ0) is 10.9. The molecular weight excluding hydrogens is 199 g/mol. The Balaban J connectivity index is 2.79. The highest BCUT2D eigenvalue weighted by Crippen LogP contribution is 2.31. The standard InChI is InChI=1S/C8H10F3NO2/c1-5(8(9,10)11)6-2-3-12(4-6)7(13)14/h2-4H2,1H3,(H,13,14)/b6-5-. The Morgan fingerprint density at radius 1 is 1.50 bits per heavy atom. The van der Waals surface area contributed by atoms with Crippen LogP contribution in [-0.4, -0.2) is 35.4 Å². The fourth-order valence-electron chi connectivity index (χ4n) is 1.33. The summed E-state index contributed by atoms with van der Waals surface area (Å²) in [6, 6.07) is 0. The van der Waals surface area contributed by atoms with Crippen molar-refractivity contribution >= 4 is 6.09 Å². The summed E-state index contributed by atoms with van der Waals surface area (Å²) in [5.41, 5.74) is -0.499. The van der Waals surface area contributed by atoms with E-state index in [-0.39, 0.29) is 25.1 Å². The molecule has 0 aromatic carbocycles. The van der Waals surface area contributed by atoms with Crippen molar-refractivity contribution in [2.75, 3.05) is 13.1 Å². The molecule has 0 spiro atoms. The lowest BCUT2D eigenvalue weighted by atomic mass is 10.1. The predicted molar refractivity (Wildman–Crippen MR) is 43.0 cm³/mol. The van der Waals surface area contributed by atoms with Crippen molar-refractivity contribution in [3.8, 4) is 0 Å². The maximum atomic E-state index is 12.2. The van der Waals surface area contributed by atoms with Crippen molar-refractivity contribution in [3.05, 3.63) is 11.1 Å². The molecule has 0 radical (unpaired) electrons. The summed E-state index contributed by atoms with van der Waals surface area (Å²) in [7, 11) is 0. The summed E-state index contributed by atoms with van der Waals surface area (Å²) >= 11 is 0. The Morgan fingerprint density at radius 2 is 2.07 bits per heavy atom. The maximum absolute atomic E-state index is 12.2. The van der Waals surface area contributed by atoms with Crippen LogP contribution in [0.15, 0.2) is 11.1 Å². The molecular formula is C8H10F3NO2. The molecule has 80 valence electrons. The van der Waals surface area contributed by atoms with Gasteiger partial charge in [-0.15, -0.1) is 0 Å². The van der Waals surface area contributed by atoms with Gasteiger partial charge in [-0.2, -0.15) is 13.2 Å². The zero-order valence-electron chi connectivity index (χ0n) is 7.56. The first-order valence-corrected chi connectivity index (χ1v) is 4.06. The van der Waals surface area contributed by atoms with Crippen molar-refractivity contribution in [2.24, 2.45) is 0 Å². The van der Waals surface area contributed by atoms with Gasteiger partial charge in [0.15, 0.2) is 0 Å². The summed E-state index contributed by atoms with van der Waals surface area (Å²) in [6.07, 6.45) is -5.34. The first-order chi connectivity index (χ1) is 6.32. The lowest BCUT2D eigenvalue weighted by Gasteiger charge is -2.11. The van der Waals surface area contributed by atoms with E-state index in [0.717, 1.165) is 11.8 Å². The number of hydrogen-bond donors (Lipinski definition) is 1. The molecule has 1 aliphatic rings. The van der Waals surface area contributed by atoms with Crippen LogP contribution in [0.5, 0.6) is 0 Å². The molecule has 1 rings (SSSR count). The number of carboxylic acid groups (broad SMARTS) is 1. The number of hydrogen-bond acceptors (Lipinski definition) is 1. The topological polar surface area (TPSA) is 40.5 Å². The quantitative estimate of drug-likeness (QED) is 0.621. The molecule has 0 atom stereocenters. The van der Waals surface area contributed by atoms with E-state index in [1.165, 1.54) is 0 Å². The molecule has 6 heteroatoms. The number of allylic oxidation sites excluding steroid dienone is 1. The van der Waals surface area contributed by atoms with Gasteiger partial charge in [-0.1, -0.05) is 0 Å². The minimum absolute atomic E-state index is 0.124. The van der Waals surface area contributed by atoms with Gasteiger partial charge in [0.05, 0.1) is 0 Å². The van der Waals surface area contributed by atoms with Gasteiger partial charge in [0, 0.05) is 18.7 Å². The van der Waals surface area contributed by atoms with E-state index in [4.69, 9.17) is 5.11 Å². The number of amides is 1. The summed E-state index contributed by atoms with van der Waals surface area (Å²) < 4.78 is 36.6. The van der Waals surface area contributed by atoms with E-state index in [1.54, 1.807) is 0 Å². The summed E-state index contributed by atoms with van der Waals surface area (Å²) in [5.74, 6) is 0. The first kappa shape index (κ1) is 10.9. The van der Waals surface area contributed by atoms with Crippen molar-refractivity contribution in [1.29, 1.82) is 0 Å². The van der Waals surface area contributed by atoms with Gasteiger partial charge in [0.2, 0.25) is 0 Å². The third kappa shape index (κ3) is 2.18. The second-order valence-electron chi connectivity index (χ2n) is 3.18. The molecule has 1 aliphatic heterocycles. The fraction of sp³-hybridized carbons (Fsp3) is 0.625. The SMILES string of the molecule is C/C(=C1\CCN(C(=O)O)C1)C(F)(F)F. The van der Waals surface area contributed by atoms with Gasteiger partial charge < -0.3 is 10.0 Å². The molecule has 0 aromatic rings. The van der Waals surface area contributed by atoms with Gasteiger partial charge >= 0.3 is 12.3 Å². The van der Waals surface area contributed by atoms with Crippen LogP contribution in [0.1, 0.15) is 13.3 Å². The molecule has 0 bridgehead atoms. The second kappa shape index (κ2) is 3.51. The van der Waals surface area contributed by atoms with Gasteiger partial charge in [-0.05, 0) is 18.9 Å². The number of halogens is 3. The molecule has 1 saturated heterocycles. The lowest BCUT2D eigenvalue weighted by molar-refractivity contribution is -0.0922. The van der Waals surface area contributed by atoms with Crippen molar-refractivity contribution in [1.82, 2.24) is 4.90 Å². The molecule has 1 heterocycles. The lowest BCUT2D eigenvalue weighted by Crippen LogP contribution is -2.26.